The van der Waals surface area contributed by atoms with Crippen molar-refractivity contribution < 1.29 is 33.4 Å². The number of rotatable bonds is 16. The Labute approximate surface area is 278 Å². The molecule has 0 aliphatic carbocycles. The van der Waals surface area contributed by atoms with Crippen LogP contribution in [0.5, 0.6) is 0 Å². The normalized spacial score (nSPS) is 21.6. The molecule has 0 aromatic rings. The molecule has 2 saturated heterocycles. The maximum atomic E-state index is 12.9. The summed E-state index contributed by atoms with van der Waals surface area (Å²) >= 11 is 10.2. The fraction of sp³-hybridized carbons (Fsp3) is 0.656. The standard InChI is InChI=1S/C16H24N2O4S.C16H26N2O3S/c1-5-8-16(9-7-11(3)4)13(20)17-15(23)18(14(16)21)10-12(19)22-6-2;1-5-8-16(9-7-12(3)4)11-18(10-13(19)21-6-2)15(22)17-14(16)20/h5,11H,1,6-10H2,2-4H3,(H,17,20,23);5,12H,1,6-11H2,2-4H3,(H,17,20,22). The van der Waals surface area contributed by atoms with Crippen LogP contribution in [-0.4, -0.2) is 82.5 Å². The molecule has 0 saturated carbocycles. The third kappa shape index (κ3) is 11.3. The van der Waals surface area contributed by atoms with Gasteiger partial charge in [-0.05, 0) is 88.6 Å². The van der Waals surface area contributed by atoms with Gasteiger partial charge < -0.3 is 25.0 Å². The van der Waals surface area contributed by atoms with Crippen LogP contribution in [0, 0.1) is 22.7 Å². The number of carbonyl (C=O) groups is 5. The van der Waals surface area contributed by atoms with E-state index in [9.17, 15) is 24.0 Å². The maximum absolute atomic E-state index is 12.9. The Kier molecular flexibility index (Phi) is 16.6. The summed E-state index contributed by atoms with van der Waals surface area (Å²) in [6.45, 7) is 19.9. The molecule has 2 aliphatic heterocycles. The molecule has 2 fully saturated rings. The van der Waals surface area contributed by atoms with E-state index in [0.29, 0.717) is 49.4 Å². The molecule has 2 aliphatic rings. The van der Waals surface area contributed by atoms with Gasteiger partial charge in [-0.25, -0.2) is 0 Å². The Morgan fingerprint density at radius 3 is 1.87 bits per heavy atom. The number of esters is 2. The Morgan fingerprint density at radius 2 is 1.36 bits per heavy atom. The summed E-state index contributed by atoms with van der Waals surface area (Å²) in [6, 6.07) is 0. The van der Waals surface area contributed by atoms with Gasteiger partial charge in [0, 0.05) is 6.54 Å². The molecule has 3 amide bonds. The average molecular weight is 667 g/mol. The number of nitrogens with one attached hydrogen (secondary N) is 2. The van der Waals surface area contributed by atoms with Gasteiger partial charge >= 0.3 is 11.9 Å². The van der Waals surface area contributed by atoms with Gasteiger partial charge in [0.05, 0.1) is 18.6 Å². The molecule has 2 rings (SSSR count). The van der Waals surface area contributed by atoms with E-state index in [-0.39, 0.29) is 43.1 Å². The minimum absolute atomic E-state index is 0.0581. The van der Waals surface area contributed by atoms with Crippen LogP contribution >= 0.6 is 24.4 Å². The predicted octanol–water partition coefficient (Wildman–Crippen LogP) is 4.06. The van der Waals surface area contributed by atoms with Crippen LogP contribution in [0.2, 0.25) is 0 Å². The molecule has 0 radical (unpaired) electrons. The zero-order valence-corrected chi connectivity index (χ0v) is 29.2. The number of carbonyl (C=O) groups excluding carboxylic acids is 5. The topological polar surface area (TPSA) is 134 Å². The highest BCUT2D eigenvalue weighted by atomic mass is 32.1. The number of hydrogen-bond donors (Lipinski definition) is 2. The third-order valence-corrected chi connectivity index (χ3v) is 8.31. The van der Waals surface area contributed by atoms with Gasteiger partial charge in [0.2, 0.25) is 17.7 Å². The minimum Gasteiger partial charge on any atom is -0.465 e. The summed E-state index contributed by atoms with van der Waals surface area (Å²) in [5.41, 5.74) is -1.85. The van der Waals surface area contributed by atoms with Crippen LogP contribution in [0.4, 0.5) is 0 Å². The average Bonchev–Trinajstić information content (AvgIpc) is 2.95. The number of nitrogens with zero attached hydrogens (tertiary/aromatic N) is 2. The van der Waals surface area contributed by atoms with Gasteiger partial charge in [0.25, 0.3) is 0 Å². The van der Waals surface area contributed by atoms with E-state index in [2.05, 4.69) is 37.6 Å². The minimum atomic E-state index is -1.26. The summed E-state index contributed by atoms with van der Waals surface area (Å²) in [6.07, 6.45) is 6.83. The fourth-order valence-electron chi connectivity index (χ4n) is 5.10. The lowest BCUT2D eigenvalue weighted by Gasteiger charge is -2.42. The quantitative estimate of drug-likeness (QED) is 0.108. The monoisotopic (exact) mass is 666 g/mol. The van der Waals surface area contributed by atoms with E-state index in [0.717, 1.165) is 17.7 Å². The van der Waals surface area contributed by atoms with Crippen molar-refractivity contribution >= 4 is 64.3 Å². The van der Waals surface area contributed by atoms with Crippen LogP contribution in [-0.2, 0) is 33.4 Å². The zero-order valence-electron chi connectivity index (χ0n) is 27.6. The van der Waals surface area contributed by atoms with E-state index in [1.165, 1.54) is 0 Å². The Hall–Kier alpha value is -3.19. The molecule has 13 heteroatoms. The number of amides is 3. The van der Waals surface area contributed by atoms with Crippen LogP contribution in [0.1, 0.15) is 80.1 Å². The summed E-state index contributed by atoms with van der Waals surface area (Å²) in [4.78, 5) is 64.2. The fourth-order valence-corrected chi connectivity index (χ4v) is 5.56. The maximum Gasteiger partial charge on any atom is 0.326 e. The number of allylic oxidation sites excluding steroid dienone is 2. The molecule has 2 N–H and O–H groups in total. The molecule has 252 valence electrons. The molecule has 11 nitrogen and oxygen atoms in total. The smallest absolute Gasteiger partial charge is 0.326 e. The Morgan fingerprint density at radius 1 is 0.844 bits per heavy atom. The van der Waals surface area contributed by atoms with E-state index < -0.39 is 28.6 Å². The summed E-state index contributed by atoms with van der Waals surface area (Å²) in [7, 11) is 0. The molecular weight excluding hydrogens is 617 g/mol. The van der Waals surface area contributed by atoms with Crippen molar-refractivity contribution in [2.75, 3.05) is 32.8 Å². The highest BCUT2D eigenvalue weighted by Gasteiger charge is 2.52. The van der Waals surface area contributed by atoms with E-state index in [1.54, 1.807) is 30.9 Å². The van der Waals surface area contributed by atoms with Gasteiger partial charge in [-0.15, -0.1) is 13.2 Å². The molecule has 45 heavy (non-hydrogen) atoms. The van der Waals surface area contributed by atoms with Crippen molar-refractivity contribution in [3.63, 3.8) is 0 Å². The molecule has 2 heterocycles. The van der Waals surface area contributed by atoms with Crippen molar-refractivity contribution in [3.05, 3.63) is 25.3 Å². The molecule has 2 unspecified atom stereocenters. The van der Waals surface area contributed by atoms with Crippen molar-refractivity contribution in [2.24, 2.45) is 22.7 Å². The Bertz CT molecular complexity index is 1140. The molecule has 0 bridgehead atoms. The number of ether oxygens (including phenoxy) is 2. The number of hydrogen-bond acceptors (Lipinski definition) is 9. The first-order chi connectivity index (χ1) is 21.1. The SMILES string of the molecule is C=CCC1(CCC(C)C)C(=O)NC(=S)N(CC(=O)OCC)C1=O.C=CCC1(CCC(C)C)CN(CC(=O)OCC)C(=S)NC1=O. The summed E-state index contributed by atoms with van der Waals surface area (Å²) < 4.78 is 9.84. The van der Waals surface area contributed by atoms with E-state index in [1.807, 2.05) is 13.8 Å². The van der Waals surface area contributed by atoms with E-state index >= 15 is 0 Å². The lowest BCUT2D eigenvalue weighted by molar-refractivity contribution is -0.156. The highest BCUT2D eigenvalue weighted by molar-refractivity contribution is 7.80. The van der Waals surface area contributed by atoms with Crippen molar-refractivity contribution in [1.82, 2.24) is 20.4 Å². The summed E-state index contributed by atoms with van der Waals surface area (Å²) in [5.74, 6) is -1.01. The zero-order chi connectivity index (χ0) is 34.4. The van der Waals surface area contributed by atoms with Crippen LogP contribution in [0.25, 0.3) is 0 Å². The van der Waals surface area contributed by atoms with Gasteiger partial charge in [0.15, 0.2) is 10.2 Å². The van der Waals surface area contributed by atoms with Crippen molar-refractivity contribution in [2.45, 2.75) is 80.1 Å². The summed E-state index contributed by atoms with van der Waals surface area (Å²) in [5, 5.41) is 5.52. The predicted molar refractivity (Wildman–Crippen MR) is 181 cm³/mol. The highest BCUT2D eigenvalue weighted by Crippen LogP contribution is 2.36. The van der Waals surface area contributed by atoms with E-state index in [4.69, 9.17) is 33.9 Å². The molecular formula is C32H50N4O7S2. The van der Waals surface area contributed by atoms with Gasteiger partial charge in [-0.1, -0.05) is 39.8 Å². The third-order valence-electron chi connectivity index (χ3n) is 7.63. The van der Waals surface area contributed by atoms with Crippen LogP contribution in [0.3, 0.4) is 0 Å². The molecule has 0 aromatic heterocycles. The second-order valence-electron chi connectivity index (χ2n) is 12.1. The van der Waals surface area contributed by atoms with Gasteiger partial charge in [-0.3, -0.25) is 28.9 Å². The second kappa shape index (κ2) is 18.7. The molecule has 0 spiro atoms. The van der Waals surface area contributed by atoms with Gasteiger partial charge in [0.1, 0.15) is 18.5 Å². The van der Waals surface area contributed by atoms with Crippen LogP contribution in [0.15, 0.2) is 25.3 Å². The molecule has 2 atom stereocenters. The lowest BCUT2D eigenvalue weighted by atomic mass is 9.75. The largest absolute Gasteiger partial charge is 0.465 e. The van der Waals surface area contributed by atoms with Crippen LogP contribution < -0.4 is 10.6 Å². The first-order valence-electron chi connectivity index (χ1n) is 15.4. The number of thiocarbonyl (C=S) groups is 2. The first kappa shape index (κ1) is 39.8. The van der Waals surface area contributed by atoms with Crippen molar-refractivity contribution in [1.29, 1.82) is 0 Å². The van der Waals surface area contributed by atoms with Crippen molar-refractivity contribution in [3.8, 4) is 0 Å². The van der Waals surface area contributed by atoms with Gasteiger partial charge in [-0.2, -0.15) is 0 Å². The molecule has 0 aromatic carbocycles. The first-order valence-corrected chi connectivity index (χ1v) is 16.2. The Balaban J connectivity index is 0.000000450. The lowest BCUT2D eigenvalue weighted by Crippen LogP contribution is -2.64. The second-order valence-corrected chi connectivity index (χ2v) is 12.9.